The molecule has 0 aliphatic carbocycles. The molecular formula is C16H18N2O7S. The van der Waals surface area contributed by atoms with Gasteiger partial charge >= 0.3 is 5.97 Å². The van der Waals surface area contributed by atoms with E-state index in [9.17, 15) is 18.0 Å². The number of hydrogen-bond acceptors (Lipinski definition) is 6. The first-order valence-electron chi connectivity index (χ1n) is 7.40. The van der Waals surface area contributed by atoms with Crippen molar-refractivity contribution in [2.45, 2.75) is 11.8 Å². The summed E-state index contributed by atoms with van der Waals surface area (Å²) in [5.41, 5.74) is 0.406. The summed E-state index contributed by atoms with van der Waals surface area (Å²) in [6.07, 6.45) is 0. The Hall–Kier alpha value is -2.85. The number of carboxylic acid groups (broad SMARTS) is 1. The molecule has 0 bridgehead atoms. The molecule has 26 heavy (non-hydrogen) atoms. The lowest BCUT2D eigenvalue weighted by atomic mass is 10.3. The van der Waals surface area contributed by atoms with Crippen molar-refractivity contribution in [3.05, 3.63) is 41.9 Å². The molecule has 9 nitrogen and oxygen atoms in total. The van der Waals surface area contributed by atoms with E-state index in [2.05, 4.69) is 5.32 Å². The smallest absolute Gasteiger partial charge is 0.341 e. The van der Waals surface area contributed by atoms with Gasteiger partial charge in [-0.05, 0) is 31.2 Å². The number of aryl methyl sites for hydroxylation is 1. The highest BCUT2D eigenvalue weighted by atomic mass is 32.2. The SMILES string of the molecule is Cc1oc(C(=O)Nc2ccc(OCC(=O)O)cc2)cc1S(=O)(=O)N(C)C. The third-order valence-electron chi connectivity index (χ3n) is 3.33. The van der Waals surface area contributed by atoms with Gasteiger partial charge in [0.15, 0.2) is 12.4 Å². The maximum Gasteiger partial charge on any atom is 0.341 e. The van der Waals surface area contributed by atoms with E-state index in [4.69, 9.17) is 14.3 Å². The van der Waals surface area contributed by atoms with Gasteiger partial charge in [0.1, 0.15) is 16.4 Å². The summed E-state index contributed by atoms with van der Waals surface area (Å²) >= 11 is 0. The maximum absolute atomic E-state index is 12.3. The number of carbonyl (C=O) groups excluding carboxylic acids is 1. The van der Waals surface area contributed by atoms with Gasteiger partial charge in [0.2, 0.25) is 10.0 Å². The van der Waals surface area contributed by atoms with Crippen LogP contribution in [0.3, 0.4) is 0 Å². The number of sulfonamides is 1. The minimum Gasteiger partial charge on any atom is -0.482 e. The monoisotopic (exact) mass is 382 g/mol. The summed E-state index contributed by atoms with van der Waals surface area (Å²) in [5.74, 6) is -1.42. The largest absolute Gasteiger partial charge is 0.482 e. The van der Waals surface area contributed by atoms with E-state index in [0.717, 1.165) is 4.31 Å². The topological polar surface area (TPSA) is 126 Å². The zero-order valence-electron chi connectivity index (χ0n) is 14.3. The molecule has 1 heterocycles. The number of anilines is 1. The number of rotatable bonds is 7. The summed E-state index contributed by atoms with van der Waals surface area (Å²) in [5, 5.41) is 11.1. The molecule has 2 rings (SSSR count). The summed E-state index contributed by atoms with van der Waals surface area (Å²) < 4.78 is 35.6. The molecular weight excluding hydrogens is 364 g/mol. The van der Waals surface area contributed by atoms with Crippen molar-refractivity contribution in [2.75, 3.05) is 26.0 Å². The standard InChI is InChI=1S/C16H18N2O7S/c1-10-14(26(22,23)18(2)3)8-13(25-10)16(21)17-11-4-6-12(7-5-11)24-9-15(19)20/h4-8H,9H2,1-3H3,(H,17,21)(H,19,20). The first kappa shape index (κ1) is 19.5. The molecule has 0 saturated heterocycles. The van der Waals surface area contributed by atoms with E-state index >= 15 is 0 Å². The van der Waals surface area contributed by atoms with Crippen LogP contribution in [-0.4, -0.2) is 50.4 Å². The van der Waals surface area contributed by atoms with Crippen LogP contribution >= 0.6 is 0 Å². The number of benzene rings is 1. The number of aliphatic carboxylic acids is 1. The number of ether oxygens (including phenoxy) is 1. The molecule has 0 aliphatic rings. The summed E-state index contributed by atoms with van der Waals surface area (Å²) in [4.78, 5) is 22.6. The molecule has 1 aromatic heterocycles. The highest BCUT2D eigenvalue weighted by molar-refractivity contribution is 7.89. The Labute approximate surface area is 150 Å². The van der Waals surface area contributed by atoms with Crippen molar-refractivity contribution in [3.8, 4) is 5.75 Å². The van der Waals surface area contributed by atoms with E-state index in [0.29, 0.717) is 11.4 Å². The minimum absolute atomic E-state index is 0.0786. The van der Waals surface area contributed by atoms with Crippen LogP contribution < -0.4 is 10.1 Å². The zero-order chi connectivity index (χ0) is 19.5. The average Bonchev–Trinajstić information content (AvgIpc) is 2.96. The lowest BCUT2D eigenvalue weighted by molar-refractivity contribution is -0.139. The van der Waals surface area contributed by atoms with Crippen molar-refractivity contribution in [3.63, 3.8) is 0 Å². The summed E-state index contributed by atoms with van der Waals surface area (Å²) in [6, 6.07) is 7.19. The zero-order valence-corrected chi connectivity index (χ0v) is 15.2. The summed E-state index contributed by atoms with van der Waals surface area (Å²) in [6.45, 7) is 0.988. The Morgan fingerprint density at radius 3 is 2.38 bits per heavy atom. The van der Waals surface area contributed by atoms with Gasteiger partial charge in [-0.1, -0.05) is 0 Å². The van der Waals surface area contributed by atoms with E-state index in [-0.39, 0.29) is 16.4 Å². The predicted octanol–water partition coefficient (Wildman–Crippen LogP) is 1.55. The fourth-order valence-electron chi connectivity index (χ4n) is 2.00. The third kappa shape index (κ3) is 4.41. The molecule has 0 unspecified atom stereocenters. The van der Waals surface area contributed by atoms with Crippen LogP contribution in [0.4, 0.5) is 5.69 Å². The van der Waals surface area contributed by atoms with Crippen LogP contribution in [0.5, 0.6) is 5.75 Å². The first-order chi connectivity index (χ1) is 12.1. The number of nitrogens with zero attached hydrogens (tertiary/aromatic N) is 1. The van der Waals surface area contributed by atoms with Crippen LogP contribution in [0.25, 0.3) is 0 Å². The van der Waals surface area contributed by atoms with Gasteiger partial charge in [0, 0.05) is 25.8 Å². The molecule has 0 saturated carbocycles. The van der Waals surface area contributed by atoms with Gasteiger partial charge in [-0.15, -0.1) is 0 Å². The van der Waals surface area contributed by atoms with Gasteiger partial charge < -0.3 is 19.6 Å². The summed E-state index contributed by atoms with van der Waals surface area (Å²) in [7, 11) is -0.948. The molecule has 1 aromatic carbocycles. The molecule has 0 radical (unpaired) electrons. The van der Waals surface area contributed by atoms with Gasteiger partial charge in [-0.2, -0.15) is 0 Å². The molecule has 140 valence electrons. The maximum atomic E-state index is 12.3. The molecule has 0 aliphatic heterocycles. The average molecular weight is 382 g/mol. The number of amides is 1. The number of hydrogen-bond donors (Lipinski definition) is 2. The second-order valence-corrected chi connectivity index (χ2v) is 7.60. The van der Waals surface area contributed by atoms with Crippen molar-refractivity contribution in [1.29, 1.82) is 0 Å². The molecule has 2 N–H and O–H groups in total. The number of carbonyl (C=O) groups is 2. The fourth-order valence-corrected chi connectivity index (χ4v) is 3.06. The first-order valence-corrected chi connectivity index (χ1v) is 8.84. The van der Waals surface area contributed by atoms with E-state index < -0.39 is 28.5 Å². The molecule has 0 atom stereocenters. The van der Waals surface area contributed by atoms with E-state index in [1.54, 1.807) is 0 Å². The minimum atomic E-state index is -3.72. The van der Waals surface area contributed by atoms with Crippen molar-refractivity contribution >= 4 is 27.6 Å². The second kappa shape index (κ2) is 7.58. The van der Waals surface area contributed by atoms with Crippen LogP contribution in [-0.2, 0) is 14.8 Å². The second-order valence-electron chi connectivity index (χ2n) is 5.48. The van der Waals surface area contributed by atoms with Crippen molar-refractivity contribution in [1.82, 2.24) is 4.31 Å². The van der Waals surface area contributed by atoms with Gasteiger partial charge in [0.05, 0.1) is 0 Å². The Kier molecular flexibility index (Phi) is 5.68. The van der Waals surface area contributed by atoms with Crippen molar-refractivity contribution in [2.24, 2.45) is 0 Å². The van der Waals surface area contributed by atoms with Crippen LogP contribution in [0.1, 0.15) is 16.3 Å². The van der Waals surface area contributed by atoms with Crippen LogP contribution in [0, 0.1) is 6.92 Å². The van der Waals surface area contributed by atoms with Crippen molar-refractivity contribution < 1.29 is 32.3 Å². The Morgan fingerprint density at radius 1 is 1.23 bits per heavy atom. The third-order valence-corrected chi connectivity index (χ3v) is 5.25. The molecule has 1 amide bonds. The normalized spacial score (nSPS) is 11.4. The highest BCUT2D eigenvalue weighted by Crippen LogP contribution is 2.23. The van der Waals surface area contributed by atoms with Gasteiger partial charge in [-0.25, -0.2) is 17.5 Å². The molecule has 10 heteroatoms. The number of furan rings is 1. The predicted molar refractivity (Wildman–Crippen MR) is 91.8 cm³/mol. The van der Waals surface area contributed by atoms with E-state index in [1.165, 1.54) is 51.4 Å². The lowest BCUT2D eigenvalue weighted by Gasteiger charge is -2.09. The lowest BCUT2D eigenvalue weighted by Crippen LogP contribution is -2.22. The number of nitrogens with one attached hydrogen (secondary N) is 1. The van der Waals surface area contributed by atoms with Gasteiger partial charge in [-0.3, -0.25) is 4.79 Å². The van der Waals surface area contributed by atoms with Gasteiger partial charge in [0.25, 0.3) is 5.91 Å². The Bertz CT molecular complexity index is 915. The van der Waals surface area contributed by atoms with Crippen LogP contribution in [0.2, 0.25) is 0 Å². The van der Waals surface area contributed by atoms with E-state index in [1.807, 2.05) is 0 Å². The highest BCUT2D eigenvalue weighted by Gasteiger charge is 2.25. The molecule has 0 spiro atoms. The number of carboxylic acids is 1. The Balaban J connectivity index is 2.12. The molecule has 2 aromatic rings. The van der Waals surface area contributed by atoms with Crippen LogP contribution in [0.15, 0.2) is 39.6 Å². The fraction of sp³-hybridized carbons (Fsp3) is 0.250. The molecule has 0 fully saturated rings. The quantitative estimate of drug-likeness (QED) is 0.744. The Morgan fingerprint density at radius 2 is 1.85 bits per heavy atom.